The van der Waals surface area contributed by atoms with Gasteiger partial charge in [-0.1, -0.05) is 32.5 Å². The zero-order valence-corrected chi connectivity index (χ0v) is 6.49. The Morgan fingerprint density at radius 1 is 1.14 bits per heavy atom. The minimum absolute atomic E-state index is 0. The van der Waals surface area contributed by atoms with Crippen LogP contribution in [0.2, 0.25) is 18.6 Å². The van der Waals surface area contributed by atoms with E-state index >= 15 is 0 Å². The molecule has 0 amide bonds. The van der Waals surface area contributed by atoms with E-state index in [2.05, 4.69) is 26.9 Å². The van der Waals surface area contributed by atoms with Gasteiger partial charge in [-0.3, -0.25) is 4.70 Å². The standard InChI is InChI=1S/C5H13Si.FH/c1-5(2)6(3)4;/h5H,1-4H3;1H. The van der Waals surface area contributed by atoms with E-state index in [9.17, 15) is 0 Å². The monoisotopic (exact) mass is 121 g/mol. The van der Waals surface area contributed by atoms with Crippen molar-refractivity contribution < 1.29 is 4.70 Å². The average molecular weight is 121 g/mol. The smallest absolute Gasteiger partial charge is 0.0440 e. The van der Waals surface area contributed by atoms with E-state index in [4.69, 9.17) is 0 Å². The molecule has 0 aromatic rings. The highest BCUT2D eigenvalue weighted by molar-refractivity contribution is 6.57. The second-order valence-corrected chi connectivity index (χ2v) is 5.54. The van der Waals surface area contributed by atoms with Crippen molar-refractivity contribution in [3.63, 3.8) is 0 Å². The molecule has 1 radical (unpaired) electrons. The van der Waals surface area contributed by atoms with Crippen molar-refractivity contribution in [2.75, 3.05) is 0 Å². The fourth-order valence-corrected chi connectivity index (χ4v) is 0. The van der Waals surface area contributed by atoms with Crippen molar-refractivity contribution >= 4 is 8.80 Å². The summed E-state index contributed by atoms with van der Waals surface area (Å²) < 4.78 is 0. The quantitative estimate of drug-likeness (QED) is 0.467. The van der Waals surface area contributed by atoms with Gasteiger partial charge in [0.25, 0.3) is 0 Å². The molecule has 0 spiro atoms. The van der Waals surface area contributed by atoms with E-state index in [0.29, 0.717) is 0 Å². The minimum Gasteiger partial charge on any atom is -0.269 e. The van der Waals surface area contributed by atoms with Gasteiger partial charge in [0.05, 0.1) is 0 Å². The molecular formula is C5H14FSi. The zero-order valence-electron chi connectivity index (χ0n) is 5.49. The van der Waals surface area contributed by atoms with Gasteiger partial charge >= 0.3 is 0 Å². The van der Waals surface area contributed by atoms with Crippen LogP contribution in [0.4, 0.5) is 4.70 Å². The largest absolute Gasteiger partial charge is 0.269 e. The summed E-state index contributed by atoms with van der Waals surface area (Å²) in [5.41, 5.74) is 0.954. The van der Waals surface area contributed by atoms with Crippen LogP contribution in [-0.2, 0) is 0 Å². The van der Waals surface area contributed by atoms with Gasteiger partial charge in [-0.25, -0.2) is 0 Å². The van der Waals surface area contributed by atoms with Crippen LogP contribution in [0.1, 0.15) is 13.8 Å². The lowest BCUT2D eigenvalue weighted by atomic mass is 10.6. The first-order valence-electron chi connectivity index (χ1n) is 2.44. The van der Waals surface area contributed by atoms with Crippen molar-refractivity contribution in [3.8, 4) is 0 Å². The van der Waals surface area contributed by atoms with Crippen LogP contribution < -0.4 is 0 Å². The maximum Gasteiger partial charge on any atom is 0.0440 e. The second kappa shape index (κ2) is 4.31. The lowest BCUT2D eigenvalue weighted by Crippen LogP contribution is -2.03. The van der Waals surface area contributed by atoms with Gasteiger partial charge in [-0.05, 0) is 0 Å². The molecule has 0 aromatic heterocycles. The molecule has 0 aromatic carbocycles. The first-order valence-corrected chi connectivity index (χ1v) is 5.02. The molecule has 0 atom stereocenters. The highest BCUT2D eigenvalue weighted by Gasteiger charge is 1.98. The van der Waals surface area contributed by atoms with Gasteiger partial charge in [-0.15, -0.1) is 0 Å². The molecule has 0 unspecified atom stereocenters. The lowest BCUT2D eigenvalue weighted by Gasteiger charge is -2.03. The SMILES string of the molecule is CC(C)[Si](C)C.F. The molecule has 0 N–H and O–H groups in total. The van der Waals surface area contributed by atoms with Crippen LogP contribution in [0, 0.1) is 0 Å². The maximum atomic E-state index is 2.34. The van der Waals surface area contributed by atoms with Gasteiger partial charge in [0.1, 0.15) is 0 Å². The van der Waals surface area contributed by atoms with E-state index in [1.165, 1.54) is 0 Å². The molecule has 7 heavy (non-hydrogen) atoms. The summed E-state index contributed by atoms with van der Waals surface area (Å²) in [5.74, 6) is 0. The lowest BCUT2D eigenvalue weighted by molar-refractivity contribution is 1.04. The summed E-state index contributed by atoms with van der Waals surface area (Å²) in [7, 11) is 0.0484. The van der Waals surface area contributed by atoms with Crippen molar-refractivity contribution in [1.82, 2.24) is 0 Å². The Bertz CT molecular complexity index is 29.1. The minimum atomic E-state index is 0. The fourth-order valence-electron chi connectivity index (χ4n) is 0. The molecule has 0 fully saturated rings. The molecule has 0 aliphatic rings. The Hall–Kier alpha value is 0.147. The van der Waals surface area contributed by atoms with Crippen LogP contribution in [0.15, 0.2) is 0 Å². The summed E-state index contributed by atoms with van der Waals surface area (Å²) in [6, 6.07) is 0. The Morgan fingerprint density at radius 3 is 1.29 bits per heavy atom. The summed E-state index contributed by atoms with van der Waals surface area (Å²) >= 11 is 0. The Kier molecular flexibility index (Phi) is 6.28. The normalized spacial score (nSPS) is 9.43. The van der Waals surface area contributed by atoms with Gasteiger partial charge in [0.15, 0.2) is 0 Å². The van der Waals surface area contributed by atoms with E-state index in [1.807, 2.05) is 0 Å². The van der Waals surface area contributed by atoms with Crippen molar-refractivity contribution in [2.24, 2.45) is 0 Å². The molecule has 0 heterocycles. The molecule has 0 aliphatic heterocycles. The van der Waals surface area contributed by atoms with Crippen LogP contribution in [-0.4, -0.2) is 8.80 Å². The first kappa shape index (κ1) is 10.2. The van der Waals surface area contributed by atoms with Crippen LogP contribution in [0.5, 0.6) is 0 Å². The number of rotatable bonds is 1. The first-order chi connectivity index (χ1) is 2.64. The molecule has 0 saturated carbocycles. The highest BCUT2D eigenvalue weighted by atomic mass is 28.3. The molecule has 0 nitrogen and oxygen atoms in total. The number of hydrogen-bond acceptors (Lipinski definition) is 0. The van der Waals surface area contributed by atoms with Gasteiger partial charge < -0.3 is 0 Å². The highest BCUT2D eigenvalue weighted by Crippen LogP contribution is 2.04. The third-order valence-corrected chi connectivity index (χ3v) is 3.46. The number of hydrogen-bond donors (Lipinski definition) is 0. The Labute approximate surface area is 46.9 Å². The fraction of sp³-hybridized carbons (Fsp3) is 1.00. The topological polar surface area (TPSA) is 0 Å². The van der Waals surface area contributed by atoms with Gasteiger partial charge in [0, 0.05) is 8.80 Å². The molecule has 0 bridgehead atoms. The predicted molar refractivity (Wildman–Crippen MR) is 35.1 cm³/mol. The summed E-state index contributed by atoms with van der Waals surface area (Å²) in [4.78, 5) is 0. The van der Waals surface area contributed by atoms with Gasteiger partial charge in [-0.2, -0.15) is 0 Å². The van der Waals surface area contributed by atoms with Crippen LogP contribution >= 0.6 is 0 Å². The zero-order chi connectivity index (χ0) is 5.15. The summed E-state index contributed by atoms with van der Waals surface area (Å²) in [5, 5.41) is 0. The predicted octanol–water partition coefficient (Wildman–Crippen LogP) is 2.30. The number of halogens is 1. The molecule has 45 valence electrons. The van der Waals surface area contributed by atoms with Crippen LogP contribution in [0.25, 0.3) is 0 Å². The van der Waals surface area contributed by atoms with Crippen molar-refractivity contribution in [1.29, 1.82) is 0 Å². The van der Waals surface area contributed by atoms with Crippen molar-refractivity contribution in [3.05, 3.63) is 0 Å². The second-order valence-electron chi connectivity index (χ2n) is 2.23. The molecule has 0 rings (SSSR count). The summed E-state index contributed by atoms with van der Waals surface area (Å²) in [6.07, 6.45) is 0. The Balaban J connectivity index is 0. The average Bonchev–Trinajstić information content (AvgIpc) is 1.36. The molecule has 2 heteroatoms. The van der Waals surface area contributed by atoms with Gasteiger partial charge in [0.2, 0.25) is 0 Å². The third-order valence-electron chi connectivity index (χ3n) is 1.15. The van der Waals surface area contributed by atoms with E-state index < -0.39 is 0 Å². The van der Waals surface area contributed by atoms with E-state index in [-0.39, 0.29) is 13.5 Å². The van der Waals surface area contributed by atoms with E-state index in [1.54, 1.807) is 0 Å². The van der Waals surface area contributed by atoms with Crippen molar-refractivity contribution in [2.45, 2.75) is 32.5 Å². The van der Waals surface area contributed by atoms with E-state index in [0.717, 1.165) is 5.54 Å². The van der Waals surface area contributed by atoms with Crippen LogP contribution in [0.3, 0.4) is 0 Å². The molecule has 0 saturated heterocycles. The summed E-state index contributed by atoms with van der Waals surface area (Å²) in [6.45, 7) is 9.26. The molecule has 0 aliphatic carbocycles. The maximum absolute atomic E-state index is 2.34. The molecular weight excluding hydrogens is 107 g/mol. The third kappa shape index (κ3) is 6.15. The Morgan fingerprint density at radius 2 is 1.29 bits per heavy atom.